The van der Waals surface area contributed by atoms with Crippen LogP contribution in [-0.4, -0.2) is 14.9 Å². The van der Waals surface area contributed by atoms with Gasteiger partial charge in [-0.05, 0) is 55.4 Å². The fourth-order valence-electron chi connectivity index (χ4n) is 2.54. The third-order valence-corrected chi connectivity index (χ3v) is 5.16. The first-order valence-electron chi connectivity index (χ1n) is 8.14. The number of benzene rings is 2. The molecule has 4 nitrogen and oxygen atoms in total. The van der Waals surface area contributed by atoms with Crippen molar-refractivity contribution >= 4 is 63.6 Å². The topological polar surface area (TPSA) is 41.9 Å². The summed E-state index contributed by atoms with van der Waals surface area (Å²) in [4.78, 5) is 0. The van der Waals surface area contributed by atoms with Gasteiger partial charge in [-0.2, -0.15) is 5.10 Å². The van der Waals surface area contributed by atoms with Crippen LogP contribution in [0, 0.1) is 13.8 Å². The molecule has 0 unspecified atom stereocenters. The normalized spacial score (nSPS) is 10.7. The number of hydrogen-bond acceptors (Lipinski definition) is 2. The van der Waals surface area contributed by atoms with Gasteiger partial charge >= 0.3 is 0 Å². The van der Waals surface area contributed by atoms with Gasteiger partial charge < -0.3 is 10.6 Å². The molecule has 140 valence electrons. The average Bonchev–Trinajstić information content (AvgIpc) is 2.94. The summed E-state index contributed by atoms with van der Waals surface area (Å²) in [6.45, 7) is 4.44. The van der Waals surface area contributed by atoms with Gasteiger partial charge in [0.15, 0.2) is 10.9 Å². The molecule has 2 aromatic carbocycles. The predicted octanol–water partition coefficient (Wildman–Crippen LogP) is 6.32. The van der Waals surface area contributed by atoms with E-state index in [-0.39, 0.29) is 0 Å². The second kappa shape index (κ2) is 8.48. The zero-order chi connectivity index (χ0) is 19.6. The Morgan fingerprint density at radius 2 is 1.74 bits per heavy atom. The summed E-state index contributed by atoms with van der Waals surface area (Å²) in [6.07, 6.45) is 1.70. The molecule has 0 aliphatic heterocycles. The van der Waals surface area contributed by atoms with Gasteiger partial charge in [-0.25, -0.2) is 0 Å². The Kier molecular flexibility index (Phi) is 6.27. The predicted molar refractivity (Wildman–Crippen MR) is 119 cm³/mol. The van der Waals surface area contributed by atoms with Crippen molar-refractivity contribution in [2.75, 3.05) is 10.6 Å². The number of halogens is 3. The maximum Gasteiger partial charge on any atom is 0.176 e. The molecule has 0 amide bonds. The lowest BCUT2D eigenvalue weighted by Crippen LogP contribution is -2.20. The zero-order valence-corrected chi connectivity index (χ0v) is 17.8. The molecule has 8 heteroatoms. The molecule has 1 aromatic heterocycles. The van der Waals surface area contributed by atoms with E-state index in [4.69, 9.17) is 47.0 Å². The van der Waals surface area contributed by atoms with E-state index in [2.05, 4.69) is 21.8 Å². The maximum absolute atomic E-state index is 6.30. The second-order valence-corrected chi connectivity index (χ2v) is 7.75. The highest BCUT2D eigenvalue weighted by Gasteiger charge is 2.12. The van der Waals surface area contributed by atoms with Crippen LogP contribution in [0.3, 0.4) is 0 Å². The highest BCUT2D eigenvalue weighted by atomic mass is 35.5. The summed E-state index contributed by atoms with van der Waals surface area (Å²) < 4.78 is 1.66. The van der Waals surface area contributed by atoms with Crippen molar-refractivity contribution in [1.29, 1.82) is 0 Å². The van der Waals surface area contributed by atoms with Crippen molar-refractivity contribution in [3.8, 4) is 0 Å². The molecule has 1 heterocycles. The zero-order valence-electron chi connectivity index (χ0n) is 14.7. The molecule has 0 aliphatic carbocycles. The highest BCUT2D eigenvalue weighted by molar-refractivity contribution is 7.80. The van der Waals surface area contributed by atoms with Crippen molar-refractivity contribution < 1.29 is 0 Å². The fourth-order valence-corrected chi connectivity index (χ4v) is 3.46. The number of anilines is 2. The maximum atomic E-state index is 6.30. The Labute approximate surface area is 178 Å². The summed E-state index contributed by atoms with van der Waals surface area (Å²) in [5.41, 5.74) is 3.95. The van der Waals surface area contributed by atoms with Crippen LogP contribution >= 0.6 is 47.0 Å². The molecule has 0 atom stereocenters. The Morgan fingerprint density at radius 3 is 2.44 bits per heavy atom. The Balaban J connectivity index is 1.73. The third kappa shape index (κ3) is 4.93. The Hall–Kier alpha value is -1.79. The smallest absolute Gasteiger partial charge is 0.176 e. The van der Waals surface area contributed by atoms with Gasteiger partial charge in [0, 0.05) is 27.5 Å². The monoisotopic (exact) mass is 438 g/mol. The van der Waals surface area contributed by atoms with Crippen LogP contribution in [0.5, 0.6) is 0 Å². The van der Waals surface area contributed by atoms with Crippen molar-refractivity contribution in [1.82, 2.24) is 9.78 Å². The third-order valence-electron chi connectivity index (χ3n) is 3.97. The van der Waals surface area contributed by atoms with Gasteiger partial charge in [-0.15, -0.1) is 0 Å². The van der Waals surface area contributed by atoms with Crippen molar-refractivity contribution in [3.05, 3.63) is 74.4 Å². The van der Waals surface area contributed by atoms with E-state index < -0.39 is 0 Å². The molecule has 0 radical (unpaired) electrons. The SMILES string of the molecule is Cc1ccc(C)c(NC(=S)Nc2nn(Cc3c(Cl)cccc3Cl)cc2Cl)c1. The van der Waals surface area contributed by atoms with E-state index >= 15 is 0 Å². The number of thiocarbonyl (C=S) groups is 1. The van der Waals surface area contributed by atoms with E-state index in [0.29, 0.717) is 32.5 Å². The van der Waals surface area contributed by atoms with Gasteiger partial charge in [0.2, 0.25) is 0 Å². The summed E-state index contributed by atoms with van der Waals surface area (Å²) in [5, 5.41) is 12.7. The minimum Gasteiger partial charge on any atom is -0.332 e. The summed E-state index contributed by atoms with van der Waals surface area (Å²) in [6, 6.07) is 11.5. The first-order valence-corrected chi connectivity index (χ1v) is 9.69. The molecule has 2 N–H and O–H groups in total. The minimum absolute atomic E-state index is 0.400. The molecular formula is C19H17Cl3N4S. The van der Waals surface area contributed by atoms with Crippen LogP contribution in [0.25, 0.3) is 0 Å². The van der Waals surface area contributed by atoms with E-state index in [1.165, 1.54) is 0 Å². The number of aromatic nitrogens is 2. The largest absolute Gasteiger partial charge is 0.332 e. The fraction of sp³-hybridized carbons (Fsp3) is 0.158. The van der Waals surface area contributed by atoms with Gasteiger partial charge in [-0.1, -0.05) is 53.0 Å². The molecule has 0 spiro atoms. The number of hydrogen-bond donors (Lipinski definition) is 2. The molecule has 3 aromatic rings. The van der Waals surface area contributed by atoms with Crippen molar-refractivity contribution in [2.24, 2.45) is 0 Å². The van der Waals surface area contributed by atoms with E-state index in [9.17, 15) is 0 Å². The summed E-state index contributed by atoms with van der Waals surface area (Å²) >= 11 is 24.1. The minimum atomic E-state index is 0.400. The standard InChI is InChI=1S/C19H17Cl3N4S/c1-11-6-7-12(2)17(8-11)23-19(27)24-18-16(22)10-26(25-18)9-13-14(20)4-3-5-15(13)21/h3-8,10H,9H2,1-2H3,(H2,23,24,25,27). The van der Waals surface area contributed by atoms with Gasteiger partial charge in [0.05, 0.1) is 6.54 Å². The first-order chi connectivity index (χ1) is 12.8. The van der Waals surface area contributed by atoms with Gasteiger partial charge in [0.25, 0.3) is 0 Å². The van der Waals surface area contributed by atoms with Crippen LogP contribution < -0.4 is 10.6 Å². The molecule has 0 fully saturated rings. The lowest BCUT2D eigenvalue weighted by atomic mass is 10.1. The number of aryl methyl sites for hydroxylation is 2. The van der Waals surface area contributed by atoms with E-state index in [1.54, 1.807) is 29.1 Å². The summed E-state index contributed by atoms with van der Waals surface area (Å²) in [7, 11) is 0. The second-order valence-electron chi connectivity index (χ2n) is 6.12. The molecule has 27 heavy (non-hydrogen) atoms. The van der Waals surface area contributed by atoms with E-state index in [0.717, 1.165) is 22.4 Å². The van der Waals surface area contributed by atoms with Gasteiger partial charge in [0.1, 0.15) is 5.02 Å². The van der Waals surface area contributed by atoms with Crippen molar-refractivity contribution in [2.45, 2.75) is 20.4 Å². The van der Waals surface area contributed by atoms with Crippen LogP contribution in [0.4, 0.5) is 11.5 Å². The summed E-state index contributed by atoms with van der Waals surface area (Å²) in [5.74, 6) is 0.461. The molecular weight excluding hydrogens is 423 g/mol. The highest BCUT2D eigenvalue weighted by Crippen LogP contribution is 2.27. The molecule has 0 saturated carbocycles. The molecule has 3 rings (SSSR count). The Morgan fingerprint density at radius 1 is 1.04 bits per heavy atom. The number of nitrogens with zero attached hydrogens (tertiary/aromatic N) is 2. The number of nitrogens with one attached hydrogen (secondary N) is 2. The average molecular weight is 440 g/mol. The first kappa shape index (κ1) is 20.0. The van der Waals surface area contributed by atoms with Gasteiger partial charge in [-0.3, -0.25) is 4.68 Å². The Bertz CT molecular complexity index is 980. The van der Waals surface area contributed by atoms with Crippen molar-refractivity contribution in [3.63, 3.8) is 0 Å². The van der Waals surface area contributed by atoms with Crippen LogP contribution in [0.2, 0.25) is 15.1 Å². The lowest BCUT2D eigenvalue weighted by molar-refractivity contribution is 0.690. The van der Waals surface area contributed by atoms with E-state index in [1.807, 2.05) is 26.0 Å². The quantitative estimate of drug-likeness (QED) is 0.467. The van der Waals surface area contributed by atoms with Crippen LogP contribution in [0.15, 0.2) is 42.6 Å². The molecule has 0 saturated heterocycles. The van der Waals surface area contributed by atoms with Crippen LogP contribution in [0.1, 0.15) is 16.7 Å². The van der Waals surface area contributed by atoms with Crippen LogP contribution in [-0.2, 0) is 6.54 Å². The molecule has 0 bridgehead atoms. The number of rotatable bonds is 4. The molecule has 0 aliphatic rings. The lowest BCUT2D eigenvalue weighted by Gasteiger charge is -2.12.